The Morgan fingerprint density at radius 2 is 1.88 bits per heavy atom. The van der Waals surface area contributed by atoms with Crippen LogP contribution in [0, 0.1) is 0 Å². The minimum atomic E-state index is -3.74. The number of hydrogen-bond acceptors (Lipinski definition) is 4. The summed E-state index contributed by atoms with van der Waals surface area (Å²) in [5.74, 6) is -0.0506. The molecular formula is C15H18Cl2N2O4S. The number of hydrogen-bond donors (Lipinski definition) is 0. The van der Waals surface area contributed by atoms with Crippen molar-refractivity contribution in [1.29, 1.82) is 0 Å². The van der Waals surface area contributed by atoms with Gasteiger partial charge in [0.25, 0.3) is 5.91 Å². The summed E-state index contributed by atoms with van der Waals surface area (Å²) in [5.41, 5.74) is 0. The Bertz CT molecular complexity index is 727. The van der Waals surface area contributed by atoms with Crippen LogP contribution in [0.3, 0.4) is 0 Å². The molecule has 1 amide bonds. The number of sulfonamides is 1. The number of amides is 1. The number of benzene rings is 1. The molecule has 0 aliphatic carbocycles. The molecule has 0 bridgehead atoms. The van der Waals surface area contributed by atoms with E-state index < -0.39 is 10.0 Å². The van der Waals surface area contributed by atoms with Crippen molar-refractivity contribution in [2.45, 2.75) is 23.8 Å². The van der Waals surface area contributed by atoms with Crippen molar-refractivity contribution in [3.63, 3.8) is 0 Å². The lowest BCUT2D eigenvalue weighted by Gasteiger charge is -2.35. The van der Waals surface area contributed by atoms with Crippen LogP contribution >= 0.6 is 23.2 Å². The molecule has 2 saturated heterocycles. The normalized spacial score (nSPS) is 22.8. The third kappa shape index (κ3) is 3.55. The first-order chi connectivity index (χ1) is 11.4. The molecule has 1 aromatic rings. The van der Waals surface area contributed by atoms with Crippen LogP contribution in [0.2, 0.25) is 10.0 Å². The van der Waals surface area contributed by atoms with Crippen LogP contribution in [-0.4, -0.2) is 62.4 Å². The lowest BCUT2D eigenvalue weighted by Crippen LogP contribution is -2.52. The van der Waals surface area contributed by atoms with Gasteiger partial charge in [-0.15, -0.1) is 0 Å². The van der Waals surface area contributed by atoms with Crippen molar-refractivity contribution >= 4 is 39.1 Å². The lowest BCUT2D eigenvalue weighted by atomic mass is 10.2. The van der Waals surface area contributed by atoms with Gasteiger partial charge in [0.15, 0.2) is 0 Å². The molecule has 2 heterocycles. The number of halogens is 2. The molecule has 3 rings (SSSR count). The van der Waals surface area contributed by atoms with Crippen molar-refractivity contribution in [3.05, 3.63) is 28.2 Å². The van der Waals surface area contributed by atoms with E-state index in [0.717, 1.165) is 12.8 Å². The molecule has 0 unspecified atom stereocenters. The molecule has 2 aliphatic rings. The molecular weight excluding hydrogens is 375 g/mol. The molecule has 132 valence electrons. The van der Waals surface area contributed by atoms with Gasteiger partial charge in [0, 0.05) is 37.8 Å². The maximum Gasteiger partial charge on any atom is 0.251 e. The largest absolute Gasteiger partial charge is 0.368 e. The Balaban J connectivity index is 1.69. The van der Waals surface area contributed by atoms with Crippen LogP contribution < -0.4 is 0 Å². The molecule has 1 atom stereocenters. The fourth-order valence-corrected chi connectivity index (χ4v) is 5.10. The molecule has 0 spiro atoms. The zero-order chi connectivity index (χ0) is 17.3. The van der Waals surface area contributed by atoms with E-state index in [-0.39, 0.29) is 35.0 Å². The standard InChI is InChI=1S/C15H18Cl2N2O4S/c16-11-3-4-12(17)14(10-11)24(21,22)19-7-5-18(6-8-19)15(20)13-2-1-9-23-13/h3-4,10,13H,1-2,5-9H2/t13-/m0/s1. The zero-order valence-electron chi connectivity index (χ0n) is 13.0. The molecule has 2 aliphatic heterocycles. The fourth-order valence-electron chi connectivity index (χ4n) is 2.94. The van der Waals surface area contributed by atoms with Crippen molar-refractivity contribution in [3.8, 4) is 0 Å². The highest BCUT2D eigenvalue weighted by atomic mass is 35.5. The van der Waals surface area contributed by atoms with Gasteiger partial charge in [-0.3, -0.25) is 4.79 Å². The highest BCUT2D eigenvalue weighted by molar-refractivity contribution is 7.89. The van der Waals surface area contributed by atoms with E-state index in [4.69, 9.17) is 27.9 Å². The van der Waals surface area contributed by atoms with E-state index in [1.165, 1.54) is 16.4 Å². The highest BCUT2D eigenvalue weighted by Crippen LogP contribution is 2.28. The fraction of sp³-hybridized carbons (Fsp3) is 0.533. The molecule has 1 aromatic carbocycles. The predicted octanol–water partition coefficient (Wildman–Crippen LogP) is 2.01. The quantitative estimate of drug-likeness (QED) is 0.788. The second-order valence-electron chi connectivity index (χ2n) is 5.81. The van der Waals surface area contributed by atoms with Crippen molar-refractivity contribution in [1.82, 2.24) is 9.21 Å². The van der Waals surface area contributed by atoms with Gasteiger partial charge >= 0.3 is 0 Å². The van der Waals surface area contributed by atoms with Crippen LogP contribution in [0.15, 0.2) is 23.1 Å². The van der Waals surface area contributed by atoms with E-state index in [2.05, 4.69) is 0 Å². The summed E-state index contributed by atoms with van der Waals surface area (Å²) < 4.78 is 32.2. The second kappa shape index (κ2) is 7.17. The monoisotopic (exact) mass is 392 g/mol. The Morgan fingerprint density at radius 3 is 2.50 bits per heavy atom. The second-order valence-corrected chi connectivity index (χ2v) is 8.56. The maximum atomic E-state index is 12.7. The molecule has 9 heteroatoms. The summed E-state index contributed by atoms with van der Waals surface area (Å²) in [4.78, 5) is 14.0. The Kier molecular flexibility index (Phi) is 5.36. The number of carbonyl (C=O) groups excluding carboxylic acids is 1. The average molecular weight is 393 g/mol. The molecule has 24 heavy (non-hydrogen) atoms. The Morgan fingerprint density at radius 1 is 1.17 bits per heavy atom. The lowest BCUT2D eigenvalue weighted by molar-refractivity contribution is -0.142. The van der Waals surface area contributed by atoms with Crippen LogP contribution in [0.4, 0.5) is 0 Å². The predicted molar refractivity (Wildman–Crippen MR) is 90.8 cm³/mol. The molecule has 2 fully saturated rings. The van der Waals surface area contributed by atoms with Crippen molar-refractivity contribution in [2.24, 2.45) is 0 Å². The van der Waals surface area contributed by atoms with Gasteiger partial charge in [0.05, 0.1) is 5.02 Å². The number of ether oxygens (including phenoxy) is 1. The summed E-state index contributed by atoms with van der Waals surface area (Å²) in [6, 6.07) is 4.36. The third-order valence-electron chi connectivity index (χ3n) is 4.27. The first-order valence-electron chi connectivity index (χ1n) is 7.75. The molecule has 6 nitrogen and oxygen atoms in total. The summed E-state index contributed by atoms with van der Waals surface area (Å²) in [6.45, 7) is 1.75. The van der Waals surface area contributed by atoms with Gasteiger partial charge < -0.3 is 9.64 Å². The van der Waals surface area contributed by atoms with E-state index in [9.17, 15) is 13.2 Å². The first-order valence-corrected chi connectivity index (χ1v) is 9.95. The maximum absolute atomic E-state index is 12.7. The summed E-state index contributed by atoms with van der Waals surface area (Å²) >= 11 is 11.9. The molecule has 0 radical (unpaired) electrons. The van der Waals surface area contributed by atoms with Gasteiger partial charge in [0.2, 0.25) is 10.0 Å². The van der Waals surface area contributed by atoms with E-state index in [1.807, 2.05) is 0 Å². The van der Waals surface area contributed by atoms with Crippen LogP contribution in [0.25, 0.3) is 0 Å². The summed E-state index contributed by atoms with van der Waals surface area (Å²) in [6.07, 6.45) is 1.24. The number of nitrogens with zero attached hydrogens (tertiary/aromatic N) is 2. The minimum Gasteiger partial charge on any atom is -0.368 e. The minimum absolute atomic E-state index is 0.00410. The van der Waals surface area contributed by atoms with Crippen molar-refractivity contribution in [2.75, 3.05) is 32.8 Å². The highest BCUT2D eigenvalue weighted by Gasteiger charge is 2.34. The van der Waals surface area contributed by atoms with Crippen LogP contribution in [0.1, 0.15) is 12.8 Å². The average Bonchev–Trinajstić information content (AvgIpc) is 3.11. The summed E-state index contributed by atoms with van der Waals surface area (Å²) in [7, 11) is -3.74. The van der Waals surface area contributed by atoms with Gasteiger partial charge in [-0.2, -0.15) is 4.31 Å². The van der Waals surface area contributed by atoms with E-state index >= 15 is 0 Å². The molecule has 0 aromatic heterocycles. The van der Waals surface area contributed by atoms with Gasteiger partial charge in [-0.25, -0.2) is 8.42 Å². The van der Waals surface area contributed by atoms with E-state index in [1.54, 1.807) is 11.0 Å². The van der Waals surface area contributed by atoms with Crippen molar-refractivity contribution < 1.29 is 17.9 Å². The SMILES string of the molecule is O=C([C@@H]1CCCO1)N1CCN(S(=O)(=O)c2cc(Cl)ccc2Cl)CC1. The Hall–Kier alpha value is -0.860. The summed E-state index contributed by atoms with van der Waals surface area (Å²) in [5, 5.41) is 0.447. The number of piperazine rings is 1. The first kappa shape index (κ1) is 17.9. The number of rotatable bonds is 3. The van der Waals surface area contributed by atoms with Crippen LogP contribution in [-0.2, 0) is 19.6 Å². The van der Waals surface area contributed by atoms with E-state index in [0.29, 0.717) is 24.7 Å². The number of carbonyl (C=O) groups is 1. The molecule has 0 saturated carbocycles. The molecule has 0 N–H and O–H groups in total. The van der Waals surface area contributed by atoms with Gasteiger partial charge in [-0.05, 0) is 31.0 Å². The van der Waals surface area contributed by atoms with Crippen LogP contribution in [0.5, 0.6) is 0 Å². The smallest absolute Gasteiger partial charge is 0.251 e. The topological polar surface area (TPSA) is 66.9 Å². The zero-order valence-corrected chi connectivity index (χ0v) is 15.3. The van der Waals surface area contributed by atoms with Gasteiger partial charge in [-0.1, -0.05) is 23.2 Å². The Labute approximate surface area is 151 Å². The third-order valence-corrected chi connectivity index (χ3v) is 6.88. The van der Waals surface area contributed by atoms with Gasteiger partial charge in [0.1, 0.15) is 11.0 Å².